The smallest absolute Gasteiger partial charge is 0.227 e. The van der Waals surface area contributed by atoms with E-state index in [0.29, 0.717) is 17.7 Å². The van der Waals surface area contributed by atoms with Crippen molar-refractivity contribution in [2.75, 3.05) is 7.05 Å². The van der Waals surface area contributed by atoms with Gasteiger partial charge in [0, 0.05) is 12.6 Å². The number of carbonyl (C=O) groups excluding carboxylic acids is 1. The second-order valence-corrected chi connectivity index (χ2v) is 9.22. The summed E-state index contributed by atoms with van der Waals surface area (Å²) in [4.78, 5) is 13.1. The lowest BCUT2D eigenvalue weighted by Gasteiger charge is -2.42. The lowest BCUT2D eigenvalue weighted by Crippen LogP contribution is -2.53. The van der Waals surface area contributed by atoms with E-state index in [1.54, 1.807) is 38.1 Å². The van der Waals surface area contributed by atoms with Crippen LogP contribution in [0.1, 0.15) is 53.0 Å². The van der Waals surface area contributed by atoms with E-state index in [9.17, 15) is 14.4 Å². The summed E-state index contributed by atoms with van der Waals surface area (Å²) >= 11 is 0. The molecule has 6 heteroatoms. The van der Waals surface area contributed by atoms with Gasteiger partial charge in [-0.1, -0.05) is 39.5 Å². The Morgan fingerprint density at radius 2 is 2.00 bits per heavy atom. The number of nitriles is 1. The zero-order chi connectivity index (χ0) is 22.7. The largest absolute Gasteiger partial charge is 0.338 e. The molecule has 30 heavy (non-hydrogen) atoms. The SMILES string of the molecule is C=C(/C=C(\N=N/C)c1ccccc1F)[C@@H]1CC[C@@](C)(C(=O)NC(C)(C)C#N)C1(C)C. The van der Waals surface area contributed by atoms with Crippen molar-refractivity contribution < 1.29 is 9.18 Å². The molecule has 0 aliphatic heterocycles. The lowest BCUT2D eigenvalue weighted by molar-refractivity contribution is -0.136. The molecule has 5 nitrogen and oxygen atoms in total. The second-order valence-electron chi connectivity index (χ2n) is 9.22. The molecule has 0 saturated heterocycles. The zero-order valence-corrected chi connectivity index (χ0v) is 18.7. The van der Waals surface area contributed by atoms with Gasteiger partial charge < -0.3 is 5.32 Å². The van der Waals surface area contributed by atoms with Gasteiger partial charge >= 0.3 is 0 Å². The fraction of sp³-hybridized carbons (Fsp3) is 0.500. The van der Waals surface area contributed by atoms with Crippen molar-refractivity contribution in [2.24, 2.45) is 27.0 Å². The number of nitrogens with zero attached hydrogens (tertiary/aromatic N) is 3. The van der Waals surface area contributed by atoms with Crippen molar-refractivity contribution in [1.29, 1.82) is 5.26 Å². The summed E-state index contributed by atoms with van der Waals surface area (Å²) in [7, 11) is 1.54. The molecule has 2 atom stereocenters. The van der Waals surface area contributed by atoms with Crippen LogP contribution in [0, 0.1) is 33.9 Å². The van der Waals surface area contributed by atoms with E-state index in [2.05, 4.69) is 28.2 Å². The van der Waals surface area contributed by atoms with Gasteiger partial charge in [0.1, 0.15) is 11.4 Å². The van der Waals surface area contributed by atoms with Crippen molar-refractivity contribution in [3.8, 4) is 6.07 Å². The summed E-state index contributed by atoms with van der Waals surface area (Å²) in [6, 6.07) is 8.54. The maximum Gasteiger partial charge on any atom is 0.227 e. The van der Waals surface area contributed by atoms with Crippen LogP contribution in [0.2, 0.25) is 0 Å². The van der Waals surface area contributed by atoms with Crippen LogP contribution >= 0.6 is 0 Å². The van der Waals surface area contributed by atoms with Crippen LogP contribution in [-0.2, 0) is 4.79 Å². The standard InChI is InChI=1S/C24H31FN4O/c1-16(14-20(29-27-7)17-10-8-9-11-19(17)25)18-12-13-24(6,23(18,4)5)21(30)28-22(2,3)15-26/h8-11,14,18H,1,12-13H2,2-7H3,(H,28,30)/b20-14-,29-27-/t18-,24-/m0/s1. The summed E-state index contributed by atoms with van der Waals surface area (Å²) in [5.74, 6) is -0.522. The third-order valence-electron chi connectivity index (χ3n) is 6.56. The summed E-state index contributed by atoms with van der Waals surface area (Å²) in [6.07, 6.45) is 3.18. The highest BCUT2D eigenvalue weighted by Gasteiger charge is 2.56. The monoisotopic (exact) mass is 410 g/mol. The summed E-state index contributed by atoms with van der Waals surface area (Å²) in [5.41, 5.74) is -0.504. The van der Waals surface area contributed by atoms with Gasteiger partial charge in [0.2, 0.25) is 5.91 Å². The van der Waals surface area contributed by atoms with Gasteiger partial charge in [0.15, 0.2) is 0 Å². The van der Waals surface area contributed by atoms with E-state index in [0.717, 1.165) is 12.0 Å². The number of hydrogen-bond donors (Lipinski definition) is 1. The fourth-order valence-corrected chi connectivity index (χ4v) is 4.22. The number of rotatable bonds is 6. The minimum absolute atomic E-state index is 0.00715. The first-order chi connectivity index (χ1) is 13.9. The van der Waals surface area contributed by atoms with Crippen molar-refractivity contribution in [2.45, 2.75) is 53.0 Å². The average molecular weight is 411 g/mol. The van der Waals surface area contributed by atoms with E-state index >= 15 is 0 Å². The Kier molecular flexibility index (Phi) is 6.66. The Balaban J connectivity index is 2.37. The molecule has 1 fully saturated rings. The predicted octanol–water partition coefficient (Wildman–Crippen LogP) is 5.67. The van der Waals surface area contributed by atoms with Crippen LogP contribution in [0.3, 0.4) is 0 Å². The van der Waals surface area contributed by atoms with Crippen LogP contribution in [0.4, 0.5) is 4.39 Å². The number of amides is 1. The summed E-state index contributed by atoms with van der Waals surface area (Å²) < 4.78 is 14.3. The highest BCUT2D eigenvalue weighted by Crippen LogP contribution is 2.58. The Morgan fingerprint density at radius 1 is 1.37 bits per heavy atom. The molecular weight excluding hydrogens is 379 g/mol. The van der Waals surface area contributed by atoms with Gasteiger partial charge in [0.25, 0.3) is 0 Å². The van der Waals surface area contributed by atoms with Crippen LogP contribution < -0.4 is 5.32 Å². The van der Waals surface area contributed by atoms with Crippen molar-refractivity contribution in [3.05, 3.63) is 53.9 Å². The maximum absolute atomic E-state index is 14.3. The zero-order valence-electron chi connectivity index (χ0n) is 18.7. The van der Waals surface area contributed by atoms with Gasteiger partial charge in [-0.2, -0.15) is 15.5 Å². The van der Waals surface area contributed by atoms with E-state index in [1.807, 2.05) is 20.8 Å². The van der Waals surface area contributed by atoms with Gasteiger partial charge in [-0.05, 0) is 61.8 Å². The molecule has 160 valence electrons. The number of nitrogens with one attached hydrogen (secondary N) is 1. The van der Waals surface area contributed by atoms with E-state index in [-0.39, 0.29) is 17.6 Å². The number of halogens is 1. The molecule has 0 heterocycles. The number of carbonyl (C=O) groups is 1. The molecule has 1 aromatic rings. The first-order valence-electron chi connectivity index (χ1n) is 10.1. The van der Waals surface area contributed by atoms with Crippen LogP contribution in [0.15, 0.2) is 52.7 Å². The minimum Gasteiger partial charge on any atom is -0.338 e. The molecule has 1 N–H and O–H groups in total. The summed E-state index contributed by atoms with van der Waals surface area (Å²) in [6.45, 7) is 13.7. The minimum atomic E-state index is -0.940. The molecule has 0 radical (unpaired) electrons. The average Bonchev–Trinajstić information content (AvgIpc) is 2.92. The number of allylic oxidation sites excluding steroid dienone is 2. The molecular formula is C24H31FN4O. The molecule has 1 saturated carbocycles. The van der Waals surface area contributed by atoms with E-state index in [1.165, 1.54) is 13.1 Å². The Bertz CT molecular complexity index is 939. The molecule has 1 aliphatic rings. The molecule has 0 aromatic heterocycles. The van der Waals surface area contributed by atoms with Crippen molar-refractivity contribution >= 4 is 11.6 Å². The van der Waals surface area contributed by atoms with Gasteiger partial charge in [-0.25, -0.2) is 4.39 Å². The van der Waals surface area contributed by atoms with E-state index in [4.69, 9.17) is 0 Å². The van der Waals surface area contributed by atoms with Crippen LogP contribution in [0.5, 0.6) is 0 Å². The first kappa shape index (κ1) is 23.5. The lowest BCUT2D eigenvalue weighted by atomic mass is 9.63. The summed E-state index contributed by atoms with van der Waals surface area (Å²) in [5, 5.41) is 20.1. The Hall–Kier alpha value is -2.81. The third kappa shape index (κ3) is 4.35. The molecule has 2 rings (SSSR count). The third-order valence-corrected chi connectivity index (χ3v) is 6.56. The fourth-order valence-electron chi connectivity index (χ4n) is 4.22. The number of hydrogen-bond acceptors (Lipinski definition) is 4. The van der Waals surface area contributed by atoms with Gasteiger partial charge in [0.05, 0.1) is 17.2 Å². The normalized spacial score (nSPS) is 23.9. The molecule has 0 bridgehead atoms. The quantitative estimate of drug-likeness (QED) is 0.485. The highest BCUT2D eigenvalue weighted by atomic mass is 19.1. The molecule has 1 aliphatic carbocycles. The number of benzene rings is 1. The Morgan fingerprint density at radius 3 is 2.57 bits per heavy atom. The van der Waals surface area contributed by atoms with Crippen LogP contribution in [-0.4, -0.2) is 18.5 Å². The second kappa shape index (κ2) is 8.51. The van der Waals surface area contributed by atoms with Gasteiger partial charge in [-0.3, -0.25) is 4.79 Å². The molecule has 1 amide bonds. The first-order valence-corrected chi connectivity index (χ1v) is 10.1. The molecule has 0 unspecified atom stereocenters. The molecule has 0 spiro atoms. The maximum atomic E-state index is 14.3. The van der Waals surface area contributed by atoms with Crippen molar-refractivity contribution in [3.63, 3.8) is 0 Å². The van der Waals surface area contributed by atoms with Gasteiger partial charge in [-0.15, -0.1) is 0 Å². The van der Waals surface area contributed by atoms with E-state index < -0.39 is 16.4 Å². The van der Waals surface area contributed by atoms with Crippen LogP contribution in [0.25, 0.3) is 5.70 Å². The Labute approximate surface area is 178 Å². The number of azo groups is 1. The van der Waals surface area contributed by atoms with Crippen molar-refractivity contribution in [1.82, 2.24) is 5.32 Å². The topological polar surface area (TPSA) is 77.6 Å². The highest BCUT2D eigenvalue weighted by molar-refractivity contribution is 5.84. The molecule has 1 aromatic carbocycles. The predicted molar refractivity (Wildman–Crippen MR) is 117 cm³/mol.